The van der Waals surface area contributed by atoms with Crippen molar-refractivity contribution in [2.24, 2.45) is 0 Å². The number of carbonyl (C=O) groups excluding carboxylic acids is 1. The lowest BCUT2D eigenvalue weighted by Crippen LogP contribution is -2.40. The summed E-state index contributed by atoms with van der Waals surface area (Å²) in [5.41, 5.74) is 1.74. The molecule has 7 heteroatoms. The molecule has 1 aliphatic rings. The number of ether oxygens (including phenoxy) is 2. The summed E-state index contributed by atoms with van der Waals surface area (Å²) >= 11 is 1.37. The molecule has 0 aliphatic carbocycles. The standard InChI is InChI=1S/C21H15N3O3S/c25-20(24-21-23-16(12-28-21)14-7-9-22-10-8-14)18-11-26-17-6-5-13-3-1-2-4-15(13)19(17)27-18/h1-10,12,18H,11H2,(H,23,24,25). The Morgan fingerprint density at radius 3 is 2.86 bits per heavy atom. The van der Waals surface area contributed by atoms with Gasteiger partial charge in [0.05, 0.1) is 5.69 Å². The molecule has 0 saturated heterocycles. The van der Waals surface area contributed by atoms with Crippen molar-refractivity contribution in [3.8, 4) is 22.8 Å². The van der Waals surface area contributed by atoms with Crippen molar-refractivity contribution in [1.29, 1.82) is 0 Å². The van der Waals surface area contributed by atoms with Gasteiger partial charge in [0.15, 0.2) is 16.6 Å². The van der Waals surface area contributed by atoms with Crippen molar-refractivity contribution in [3.63, 3.8) is 0 Å². The van der Waals surface area contributed by atoms with Crippen LogP contribution in [0.25, 0.3) is 22.0 Å². The minimum atomic E-state index is -0.744. The molecule has 2 aromatic heterocycles. The number of aromatic nitrogens is 2. The summed E-state index contributed by atoms with van der Waals surface area (Å²) in [6.07, 6.45) is 2.68. The van der Waals surface area contributed by atoms with Gasteiger partial charge in [-0.15, -0.1) is 11.3 Å². The van der Waals surface area contributed by atoms with Crippen LogP contribution >= 0.6 is 11.3 Å². The zero-order chi connectivity index (χ0) is 18.9. The van der Waals surface area contributed by atoms with E-state index < -0.39 is 6.10 Å². The Bertz CT molecular complexity index is 1160. The zero-order valence-electron chi connectivity index (χ0n) is 14.7. The molecule has 0 radical (unpaired) electrons. The maximum absolute atomic E-state index is 12.7. The van der Waals surface area contributed by atoms with E-state index in [1.807, 2.05) is 53.9 Å². The van der Waals surface area contributed by atoms with E-state index in [0.717, 1.165) is 22.0 Å². The molecule has 1 N–H and O–H groups in total. The highest BCUT2D eigenvalue weighted by Gasteiger charge is 2.29. The fourth-order valence-corrected chi connectivity index (χ4v) is 3.82. The summed E-state index contributed by atoms with van der Waals surface area (Å²) in [5, 5.41) is 7.20. The first-order valence-electron chi connectivity index (χ1n) is 8.76. The molecule has 28 heavy (non-hydrogen) atoms. The van der Waals surface area contributed by atoms with Gasteiger partial charge in [-0.05, 0) is 23.6 Å². The number of fused-ring (bicyclic) bond motifs is 3. The molecule has 138 valence electrons. The second-order valence-corrected chi connectivity index (χ2v) is 7.15. The van der Waals surface area contributed by atoms with Gasteiger partial charge in [0.25, 0.3) is 5.91 Å². The van der Waals surface area contributed by atoms with Crippen molar-refractivity contribution in [1.82, 2.24) is 9.97 Å². The van der Waals surface area contributed by atoms with Gasteiger partial charge in [0.1, 0.15) is 6.61 Å². The number of pyridine rings is 1. The third-order valence-electron chi connectivity index (χ3n) is 4.50. The van der Waals surface area contributed by atoms with Gasteiger partial charge in [0, 0.05) is 28.7 Å². The number of benzene rings is 2. The predicted molar refractivity (Wildman–Crippen MR) is 108 cm³/mol. The van der Waals surface area contributed by atoms with Gasteiger partial charge in [-0.1, -0.05) is 30.3 Å². The molecule has 2 aromatic carbocycles. The SMILES string of the molecule is O=C(Nc1nc(-c2ccncc2)cs1)C1COc2ccc3ccccc3c2O1. The fraction of sp³-hybridized carbons (Fsp3) is 0.0952. The number of nitrogens with zero attached hydrogens (tertiary/aromatic N) is 2. The molecule has 0 bridgehead atoms. The van der Waals surface area contributed by atoms with Gasteiger partial charge in [-0.3, -0.25) is 15.1 Å². The lowest BCUT2D eigenvalue weighted by Gasteiger charge is -2.26. The molecule has 0 saturated carbocycles. The summed E-state index contributed by atoms with van der Waals surface area (Å²) in [5.74, 6) is 0.965. The van der Waals surface area contributed by atoms with Crippen LogP contribution in [-0.4, -0.2) is 28.6 Å². The van der Waals surface area contributed by atoms with E-state index in [9.17, 15) is 4.79 Å². The Morgan fingerprint density at radius 1 is 1.11 bits per heavy atom. The maximum Gasteiger partial charge on any atom is 0.270 e. The number of hydrogen-bond donors (Lipinski definition) is 1. The van der Waals surface area contributed by atoms with Crippen LogP contribution in [0.1, 0.15) is 0 Å². The molecular formula is C21H15N3O3S. The highest BCUT2D eigenvalue weighted by Crippen LogP contribution is 2.39. The molecule has 1 atom stereocenters. The predicted octanol–water partition coefficient (Wildman–Crippen LogP) is 4.14. The Hall–Kier alpha value is -3.45. The third-order valence-corrected chi connectivity index (χ3v) is 5.25. The first-order chi connectivity index (χ1) is 13.8. The van der Waals surface area contributed by atoms with Crippen molar-refractivity contribution in [2.75, 3.05) is 11.9 Å². The lowest BCUT2D eigenvalue weighted by atomic mass is 10.1. The summed E-state index contributed by atoms with van der Waals surface area (Å²) < 4.78 is 11.8. The molecule has 1 aliphatic heterocycles. The number of nitrogens with one attached hydrogen (secondary N) is 1. The maximum atomic E-state index is 12.7. The highest BCUT2D eigenvalue weighted by molar-refractivity contribution is 7.14. The average Bonchev–Trinajstić information content (AvgIpc) is 3.22. The van der Waals surface area contributed by atoms with E-state index in [-0.39, 0.29) is 12.5 Å². The summed E-state index contributed by atoms with van der Waals surface area (Å²) in [7, 11) is 0. The molecule has 0 fully saturated rings. The lowest BCUT2D eigenvalue weighted by molar-refractivity contribution is -0.124. The van der Waals surface area contributed by atoms with Crippen LogP contribution in [0.4, 0.5) is 5.13 Å². The van der Waals surface area contributed by atoms with E-state index in [0.29, 0.717) is 16.6 Å². The number of anilines is 1. The second kappa shape index (κ2) is 6.94. The van der Waals surface area contributed by atoms with E-state index in [1.165, 1.54) is 11.3 Å². The molecule has 5 rings (SSSR count). The molecular weight excluding hydrogens is 374 g/mol. The van der Waals surface area contributed by atoms with Crippen LogP contribution < -0.4 is 14.8 Å². The van der Waals surface area contributed by atoms with Crippen molar-refractivity contribution in [3.05, 3.63) is 66.3 Å². The van der Waals surface area contributed by atoms with Crippen molar-refractivity contribution in [2.45, 2.75) is 6.10 Å². The smallest absolute Gasteiger partial charge is 0.270 e. The number of amides is 1. The second-order valence-electron chi connectivity index (χ2n) is 6.29. The fourth-order valence-electron chi connectivity index (χ4n) is 3.10. The normalized spacial score (nSPS) is 15.4. The molecule has 3 heterocycles. The van der Waals surface area contributed by atoms with Gasteiger partial charge in [-0.25, -0.2) is 4.98 Å². The number of carbonyl (C=O) groups is 1. The Balaban J connectivity index is 1.35. The molecule has 6 nitrogen and oxygen atoms in total. The topological polar surface area (TPSA) is 73.3 Å². The molecule has 1 amide bonds. The van der Waals surface area contributed by atoms with E-state index in [2.05, 4.69) is 15.3 Å². The quantitative estimate of drug-likeness (QED) is 0.570. The molecule has 1 unspecified atom stereocenters. The number of thiazole rings is 1. The van der Waals surface area contributed by atoms with Gasteiger partial charge in [-0.2, -0.15) is 0 Å². The average molecular weight is 389 g/mol. The first-order valence-corrected chi connectivity index (χ1v) is 9.64. The van der Waals surface area contributed by atoms with Gasteiger partial charge in [0.2, 0.25) is 6.10 Å². The summed E-state index contributed by atoms with van der Waals surface area (Å²) in [4.78, 5) is 21.2. The van der Waals surface area contributed by atoms with Crippen LogP contribution in [0.2, 0.25) is 0 Å². The van der Waals surface area contributed by atoms with Crippen LogP contribution in [0.3, 0.4) is 0 Å². The zero-order valence-corrected chi connectivity index (χ0v) is 15.5. The molecule has 4 aromatic rings. The Morgan fingerprint density at radius 2 is 1.96 bits per heavy atom. The Labute approximate surface area is 164 Å². The minimum absolute atomic E-state index is 0.153. The monoisotopic (exact) mass is 389 g/mol. The van der Waals surface area contributed by atoms with Crippen LogP contribution in [0, 0.1) is 0 Å². The first kappa shape index (κ1) is 16.7. The minimum Gasteiger partial charge on any atom is -0.485 e. The third kappa shape index (κ3) is 3.05. The van der Waals surface area contributed by atoms with E-state index in [4.69, 9.17) is 9.47 Å². The van der Waals surface area contributed by atoms with Gasteiger partial charge < -0.3 is 9.47 Å². The van der Waals surface area contributed by atoms with Crippen molar-refractivity contribution < 1.29 is 14.3 Å². The van der Waals surface area contributed by atoms with Crippen LogP contribution in [-0.2, 0) is 4.79 Å². The number of rotatable bonds is 3. The summed E-state index contributed by atoms with van der Waals surface area (Å²) in [6, 6.07) is 15.5. The van der Waals surface area contributed by atoms with Crippen molar-refractivity contribution >= 4 is 33.1 Å². The largest absolute Gasteiger partial charge is 0.485 e. The van der Waals surface area contributed by atoms with E-state index >= 15 is 0 Å². The summed E-state index contributed by atoms with van der Waals surface area (Å²) in [6.45, 7) is 0.153. The van der Waals surface area contributed by atoms with Gasteiger partial charge >= 0.3 is 0 Å². The van der Waals surface area contributed by atoms with E-state index in [1.54, 1.807) is 12.4 Å². The van der Waals surface area contributed by atoms with Crippen LogP contribution in [0.15, 0.2) is 66.3 Å². The molecule has 0 spiro atoms. The number of hydrogen-bond acceptors (Lipinski definition) is 6. The highest BCUT2D eigenvalue weighted by atomic mass is 32.1. The van der Waals surface area contributed by atoms with Crippen LogP contribution in [0.5, 0.6) is 11.5 Å². The Kier molecular flexibility index (Phi) is 4.14.